The lowest BCUT2D eigenvalue weighted by Crippen LogP contribution is -2.32. The summed E-state index contributed by atoms with van der Waals surface area (Å²) in [5.74, 6) is -0.907. The first-order valence-corrected chi connectivity index (χ1v) is 9.66. The second-order valence-electron chi connectivity index (χ2n) is 7.02. The van der Waals surface area contributed by atoms with Gasteiger partial charge in [-0.05, 0) is 24.6 Å². The Kier molecular flexibility index (Phi) is 6.69. The summed E-state index contributed by atoms with van der Waals surface area (Å²) in [7, 11) is 1.53. The number of nitrogens with zero attached hydrogens (tertiary/aromatic N) is 1. The molecule has 1 atom stereocenters. The number of carbonyl (C=O) groups is 2. The monoisotopic (exact) mass is 407 g/mol. The Morgan fingerprint density at radius 1 is 1.13 bits per heavy atom. The Morgan fingerprint density at radius 3 is 2.40 bits per heavy atom. The molecule has 156 valence electrons. The van der Waals surface area contributed by atoms with Crippen molar-refractivity contribution in [2.24, 2.45) is 0 Å². The van der Waals surface area contributed by atoms with E-state index in [9.17, 15) is 14.7 Å². The number of rotatable bonds is 8. The summed E-state index contributed by atoms with van der Waals surface area (Å²) in [6.45, 7) is 6.43. The Labute approximate surface area is 176 Å². The van der Waals surface area contributed by atoms with E-state index < -0.39 is 17.7 Å². The van der Waals surface area contributed by atoms with Crippen LogP contribution in [-0.4, -0.2) is 48.6 Å². The summed E-state index contributed by atoms with van der Waals surface area (Å²) in [4.78, 5) is 27.0. The topological polar surface area (TPSA) is 76.1 Å². The highest BCUT2D eigenvalue weighted by molar-refractivity contribution is 6.46. The number of aliphatic hydroxyl groups is 1. The van der Waals surface area contributed by atoms with Crippen molar-refractivity contribution in [3.63, 3.8) is 0 Å². The minimum Gasteiger partial charge on any atom is -0.507 e. The lowest BCUT2D eigenvalue weighted by atomic mass is 9.95. The fourth-order valence-electron chi connectivity index (χ4n) is 3.42. The average Bonchev–Trinajstić information content (AvgIpc) is 3.01. The molecule has 0 spiro atoms. The van der Waals surface area contributed by atoms with Gasteiger partial charge in [0.2, 0.25) is 0 Å². The number of benzene rings is 2. The van der Waals surface area contributed by atoms with Crippen LogP contribution in [0.25, 0.3) is 5.76 Å². The van der Waals surface area contributed by atoms with Crippen LogP contribution in [0.15, 0.2) is 66.8 Å². The smallest absolute Gasteiger partial charge is 0.295 e. The molecule has 2 aromatic carbocycles. The predicted octanol–water partition coefficient (Wildman–Crippen LogP) is 3.63. The third kappa shape index (κ3) is 4.28. The molecule has 3 rings (SSSR count). The molecule has 1 aliphatic heterocycles. The standard InChI is InChI=1S/C24H25NO5/c1-4-14-30-19-11-9-17(10-12-19)21-20(22(26)18-7-5-16(2)6-8-18)23(27)24(28)25(21)13-15-29-3/h4-12,21,26H,1,13-15H2,2-3H3. The van der Waals surface area contributed by atoms with E-state index in [1.165, 1.54) is 12.0 Å². The predicted molar refractivity (Wildman–Crippen MR) is 114 cm³/mol. The number of hydrogen-bond acceptors (Lipinski definition) is 5. The van der Waals surface area contributed by atoms with Gasteiger partial charge in [0.15, 0.2) is 0 Å². The number of Topliss-reactive ketones (excluding diaryl/α,β-unsaturated/α-hetero) is 1. The van der Waals surface area contributed by atoms with Crippen LogP contribution < -0.4 is 4.74 Å². The van der Waals surface area contributed by atoms with E-state index in [1.807, 2.05) is 19.1 Å². The SMILES string of the molecule is C=CCOc1ccc(C2C(=C(O)c3ccc(C)cc3)C(=O)C(=O)N2CCOC)cc1. The Morgan fingerprint density at radius 2 is 1.80 bits per heavy atom. The maximum absolute atomic E-state index is 12.9. The molecule has 0 radical (unpaired) electrons. The highest BCUT2D eigenvalue weighted by atomic mass is 16.5. The molecule has 1 aliphatic rings. The maximum atomic E-state index is 12.9. The molecule has 0 bridgehead atoms. The Bertz CT molecular complexity index is 960. The molecule has 2 aromatic rings. The Hall–Kier alpha value is -3.38. The number of aryl methyl sites for hydroxylation is 1. The fraction of sp³-hybridized carbons (Fsp3) is 0.250. The van der Waals surface area contributed by atoms with Crippen molar-refractivity contribution in [1.82, 2.24) is 4.90 Å². The largest absolute Gasteiger partial charge is 0.507 e. The zero-order valence-electron chi connectivity index (χ0n) is 17.1. The first-order chi connectivity index (χ1) is 14.5. The molecule has 0 aliphatic carbocycles. The van der Waals surface area contributed by atoms with Crippen LogP contribution >= 0.6 is 0 Å². The van der Waals surface area contributed by atoms with Crippen LogP contribution in [0.4, 0.5) is 0 Å². The van der Waals surface area contributed by atoms with Crippen LogP contribution in [0, 0.1) is 6.92 Å². The van der Waals surface area contributed by atoms with E-state index >= 15 is 0 Å². The molecular formula is C24H25NO5. The molecule has 1 fully saturated rings. The van der Waals surface area contributed by atoms with Crippen LogP contribution in [0.1, 0.15) is 22.7 Å². The van der Waals surface area contributed by atoms with Crippen LogP contribution in [-0.2, 0) is 14.3 Å². The van der Waals surface area contributed by atoms with E-state index in [2.05, 4.69) is 6.58 Å². The summed E-state index contributed by atoms with van der Waals surface area (Å²) in [6.07, 6.45) is 1.65. The van der Waals surface area contributed by atoms with Gasteiger partial charge in [-0.15, -0.1) is 0 Å². The molecule has 30 heavy (non-hydrogen) atoms. The average molecular weight is 407 g/mol. The van der Waals surface area contributed by atoms with E-state index in [-0.39, 0.29) is 24.5 Å². The molecule has 6 heteroatoms. The molecular weight excluding hydrogens is 382 g/mol. The first kappa shape index (κ1) is 21.3. The van der Waals surface area contributed by atoms with E-state index in [0.29, 0.717) is 23.5 Å². The number of methoxy groups -OCH3 is 1. The van der Waals surface area contributed by atoms with Gasteiger partial charge in [-0.2, -0.15) is 0 Å². The normalized spacial score (nSPS) is 17.9. The third-order valence-corrected chi connectivity index (χ3v) is 4.96. The van der Waals surface area contributed by atoms with E-state index in [4.69, 9.17) is 9.47 Å². The van der Waals surface area contributed by atoms with Crippen molar-refractivity contribution in [1.29, 1.82) is 0 Å². The van der Waals surface area contributed by atoms with E-state index in [0.717, 1.165) is 5.56 Å². The maximum Gasteiger partial charge on any atom is 0.295 e. The number of ketones is 1. The van der Waals surface area contributed by atoms with Gasteiger partial charge in [-0.3, -0.25) is 9.59 Å². The zero-order valence-corrected chi connectivity index (χ0v) is 17.1. The molecule has 1 amide bonds. The lowest BCUT2D eigenvalue weighted by Gasteiger charge is -2.25. The van der Waals surface area contributed by atoms with Gasteiger partial charge in [0.25, 0.3) is 11.7 Å². The number of ether oxygens (including phenoxy) is 2. The fourth-order valence-corrected chi connectivity index (χ4v) is 3.42. The van der Waals surface area contributed by atoms with Crippen LogP contribution in [0.2, 0.25) is 0 Å². The number of aliphatic hydroxyl groups excluding tert-OH is 1. The first-order valence-electron chi connectivity index (χ1n) is 9.66. The summed E-state index contributed by atoms with van der Waals surface area (Å²) >= 11 is 0. The number of hydrogen-bond donors (Lipinski definition) is 1. The number of amides is 1. The van der Waals surface area contributed by atoms with Crippen molar-refractivity contribution < 1.29 is 24.2 Å². The highest BCUT2D eigenvalue weighted by Gasteiger charge is 2.45. The lowest BCUT2D eigenvalue weighted by molar-refractivity contribution is -0.140. The summed E-state index contributed by atoms with van der Waals surface area (Å²) < 4.78 is 10.6. The van der Waals surface area contributed by atoms with Gasteiger partial charge in [0.1, 0.15) is 18.1 Å². The Balaban J connectivity index is 2.07. The minimum absolute atomic E-state index is 0.0692. The van der Waals surface area contributed by atoms with Gasteiger partial charge in [-0.25, -0.2) is 0 Å². The molecule has 1 unspecified atom stereocenters. The molecule has 0 saturated carbocycles. The van der Waals surface area contributed by atoms with Crippen molar-refractivity contribution in [3.05, 3.63) is 83.4 Å². The molecule has 1 heterocycles. The van der Waals surface area contributed by atoms with Crippen LogP contribution in [0.5, 0.6) is 5.75 Å². The minimum atomic E-state index is -0.713. The summed E-state index contributed by atoms with van der Waals surface area (Å²) in [5, 5.41) is 11.0. The quantitative estimate of drug-likeness (QED) is 0.313. The molecule has 0 aromatic heterocycles. The van der Waals surface area contributed by atoms with Gasteiger partial charge in [-0.1, -0.05) is 54.6 Å². The zero-order chi connectivity index (χ0) is 21.7. The summed E-state index contributed by atoms with van der Waals surface area (Å²) in [5.41, 5.74) is 2.28. The van der Waals surface area contributed by atoms with E-state index in [1.54, 1.807) is 42.5 Å². The highest BCUT2D eigenvalue weighted by Crippen LogP contribution is 2.39. The number of carbonyl (C=O) groups excluding carboxylic acids is 2. The van der Waals surface area contributed by atoms with Gasteiger partial charge in [0, 0.05) is 19.2 Å². The van der Waals surface area contributed by atoms with Crippen molar-refractivity contribution in [3.8, 4) is 5.75 Å². The van der Waals surface area contributed by atoms with Crippen LogP contribution in [0.3, 0.4) is 0 Å². The van der Waals surface area contributed by atoms with Crippen molar-refractivity contribution in [2.75, 3.05) is 26.9 Å². The summed E-state index contributed by atoms with van der Waals surface area (Å²) in [6, 6.07) is 13.5. The molecule has 6 nitrogen and oxygen atoms in total. The second-order valence-corrected chi connectivity index (χ2v) is 7.02. The number of likely N-dealkylation sites (tertiary alicyclic amines) is 1. The second kappa shape index (κ2) is 9.41. The van der Waals surface area contributed by atoms with Gasteiger partial charge in [0.05, 0.1) is 18.2 Å². The van der Waals surface area contributed by atoms with Gasteiger partial charge < -0.3 is 19.5 Å². The van der Waals surface area contributed by atoms with Gasteiger partial charge >= 0.3 is 0 Å². The molecule has 1 saturated heterocycles. The van der Waals surface area contributed by atoms with Crippen molar-refractivity contribution in [2.45, 2.75) is 13.0 Å². The van der Waals surface area contributed by atoms with Crippen molar-refractivity contribution >= 4 is 17.4 Å². The third-order valence-electron chi connectivity index (χ3n) is 4.96. The molecule has 1 N–H and O–H groups in total.